The standard InChI is InChI=1S/C17H19NO3/c1-3-11-18(12-19)17(2,16(20)21)15-10-6-8-13-7-4-5-9-14(13)15/h4-10,12H,3,11H2,1-2H3,(H,20,21). The molecule has 0 saturated carbocycles. The molecule has 2 rings (SSSR count). The Balaban J connectivity index is 2.71. The van der Waals surface area contributed by atoms with E-state index in [9.17, 15) is 14.7 Å². The predicted molar refractivity (Wildman–Crippen MR) is 82.0 cm³/mol. The van der Waals surface area contributed by atoms with Crippen molar-refractivity contribution in [1.82, 2.24) is 4.90 Å². The molecule has 110 valence electrons. The van der Waals surface area contributed by atoms with Gasteiger partial charge in [0.25, 0.3) is 0 Å². The Morgan fingerprint density at radius 3 is 2.52 bits per heavy atom. The van der Waals surface area contributed by atoms with Gasteiger partial charge in [-0.1, -0.05) is 49.4 Å². The van der Waals surface area contributed by atoms with Crippen molar-refractivity contribution in [3.63, 3.8) is 0 Å². The van der Waals surface area contributed by atoms with E-state index < -0.39 is 11.5 Å². The van der Waals surface area contributed by atoms with E-state index >= 15 is 0 Å². The van der Waals surface area contributed by atoms with Crippen LogP contribution in [0, 0.1) is 0 Å². The normalized spacial score (nSPS) is 13.6. The van der Waals surface area contributed by atoms with Gasteiger partial charge in [-0.15, -0.1) is 0 Å². The quantitative estimate of drug-likeness (QED) is 0.830. The lowest BCUT2D eigenvalue weighted by Gasteiger charge is -2.36. The van der Waals surface area contributed by atoms with Crippen molar-refractivity contribution < 1.29 is 14.7 Å². The summed E-state index contributed by atoms with van der Waals surface area (Å²) in [5, 5.41) is 11.6. The fourth-order valence-corrected chi connectivity index (χ4v) is 2.67. The molecule has 0 fully saturated rings. The Kier molecular flexibility index (Phi) is 4.26. The Bertz CT molecular complexity index is 663. The highest BCUT2D eigenvalue weighted by Crippen LogP contribution is 2.33. The summed E-state index contributed by atoms with van der Waals surface area (Å²) in [6, 6.07) is 13.2. The van der Waals surface area contributed by atoms with Crippen LogP contribution in [-0.2, 0) is 15.1 Å². The second kappa shape index (κ2) is 5.95. The lowest BCUT2D eigenvalue weighted by Crippen LogP contribution is -2.49. The van der Waals surface area contributed by atoms with Crippen molar-refractivity contribution in [2.75, 3.05) is 6.54 Å². The van der Waals surface area contributed by atoms with Crippen molar-refractivity contribution >= 4 is 23.2 Å². The highest BCUT2D eigenvalue weighted by molar-refractivity contribution is 5.93. The van der Waals surface area contributed by atoms with Crippen LogP contribution >= 0.6 is 0 Å². The van der Waals surface area contributed by atoms with Crippen molar-refractivity contribution in [2.24, 2.45) is 0 Å². The van der Waals surface area contributed by atoms with Gasteiger partial charge in [-0.3, -0.25) is 4.79 Å². The molecule has 1 unspecified atom stereocenters. The number of hydrogen-bond acceptors (Lipinski definition) is 2. The molecule has 0 aliphatic rings. The molecule has 0 bridgehead atoms. The van der Waals surface area contributed by atoms with Gasteiger partial charge in [0.15, 0.2) is 5.54 Å². The van der Waals surface area contributed by atoms with Crippen LogP contribution in [0.5, 0.6) is 0 Å². The molecule has 0 heterocycles. The molecule has 2 aromatic carbocycles. The Morgan fingerprint density at radius 1 is 1.24 bits per heavy atom. The Labute approximate surface area is 124 Å². The van der Waals surface area contributed by atoms with E-state index in [1.807, 2.05) is 43.3 Å². The Hall–Kier alpha value is -2.36. The number of carboxylic acid groups (broad SMARTS) is 1. The number of carboxylic acids is 1. The molecular formula is C17H19NO3. The highest BCUT2D eigenvalue weighted by Gasteiger charge is 2.41. The summed E-state index contributed by atoms with van der Waals surface area (Å²) in [4.78, 5) is 24.7. The van der Waals surface area contributed by atoms with E-state index in [-0.39, 0.29) is 0 Å². The summed E-state index contributed by atoms with van der Waals surface area (Å²) in [6.45, 7) is 3.90. The first kappa shape index (κ1) is 15.0. The summed E-state index contributed by atoms with van der Waals surface area (Å²) in [5.41, 5.74) is -0.743. The number of amides is 1. The van der Waals surface area contributed by atoms with Gasteiger partial charge in [0.2, 0.25) is 6.41 Å². The number of carbonyl (C=O) groups is 2. The molecule has 4 heteroatoms. The van der Waals surface area contributed by atoms with Gasteiger partial charge in [0.1, 0.15) is 0 Å². The van der Waals surface area contributed by atoms with Crippen molar-refractivity contribution in [2.45, 2.75) is 25.8 Å². The largest absolute Gasteiger partial charge is 0.479 e. The number of aliphatic carboxylic acids is 1. The van der Waals surface area contributed by atoms with Crippen molar-refractivity contribution in [3.8, 4) is 0 Å². The SMILES string of the molecule is CCCN(C=O)C(C)(C(=O)O)c1cccc2ccccc12. The second-order valence-electron chi connectivity index (χ2n) is 5.20. The van der Waals surface area contributed by atoms with Crippen LogP contribution in [0.1, 0.15) is 25.8 Å². The summed E-state index contributed by atoms with van der Waals surface area (Å²) in [5.74, 6) is -1.03. The van der Waals surface area contributed by atoms with Crippen LogP contribution in [0.3, 0.4) is 0 Å². The van der Waals surface area contributed by atoms with Crippen LogP contribution in [-0.4, -0.2) is 28.9 Å². The minimum atomic E-state index is -1.38. The molecule has 0 spiro atoms. The number of nitrogens with zero attached hydrogens (tertiary/aromatic N) is 1. The highest BCUT2D eigenvalue weighted by atomic mass is 16.4. The number of carbonyl (C=O) groups excluding carboxylic acids is 1. The maximum Gasteiger partial charge on any atom is 0.334 e. The first-order valence-electron chi connectivity index (χ1n) is 6.99. The average Bonchev–Trinajstić information content (AvgIpc) is 2.51. The lowest BCUT2D eigenvalue weighted by molar-refractivity contribution is -0.154. The van der Waals surface area contributed by atoms with Gasteiger partial charge in [0, 0.05) is 6.54 Å². The molecule has 0 aromatic heterocycles. The maximum absolute atomic E-state index is 11.9. The van der Waals surface area contributed by atoms with Crippen LogP contribution < -0.4 is 0 Å². The predicted octanol–water partition coefficient (Wildman–Crippen LogP) is 3.01. The van der Waals surface area contributed by atoms with E-state index in [0.29, 0.717) is 24.9 Å². The van der Waals surface area contributed by atoms with Gasteiger partial charge in [-0.2, -0.15) is 0 Å². The fourth-order valence-electron chi connectivity index (χ4n) is 2.67. The van der Waals surface area contributed by atoms with E-state index in [1.54, 1.807) is 13.0 Å². The van der Waals surface area contributed by atoms with Crippen LogP contribution in [0.2, 0.25) is 0 Å². The van der Waals surface area contributed by atoms with Gasteiger partial charge < -0.3 is 10.0 Å². The topological polar surface area (TPSA) is 57.6 Å². The first-order chi connectivity index (χ1) is 10.1. The van der Waals surface area contributed by atoms with Gasteiger partial charge in [-0.25, -0.2) is 4.79 Å². The molecule has 21 heavy (non-hydrogen) atoms. The van der Waals surface area contributed by atoms with E-state index in [1.165, 1.54) is 4.90 Å². The third-order valence-corrected chi connectivity index (χ3v) is 3.90. The minimum Gasteiger partial charge on any atom is -0.479 e. The van der Waals surface area contributed by atoms with Gasteiger partial charge in [0.05, 0.1) is 0 Å². The smallest absolute Gasteiger partial charge is 0.334 e. The average molecular weight is 285 g/mol. The molecule has 0 radical (unpaired) electrons. The third kappa shape index (κ3) is 2.49. The number of benzene rings is 2. The zero-order chi connectivity index (χ0) is 15.5. The van der Waals surface area contributed by atoms with Crippen LogP contribution in [0.15, 0.2) is 42.5 Å². The van der Waals surface area contributed by atoms with Crippen molar-refractivity contribution in [1.29, 1.82) is 0 Å². The van der Waals surface area contributed by atoms with Gasteiger partial charge >= 0.3 is 5.97 Å². The lowest BCUT2D eigenvalue weighted by atomic mass is 9.86. The monoisotopic (exact) mass is 285 g/mol. The van der Waals surface area contributed by atoms with E-state index in [0.717, 1.165) is 10.8 Å². The summed E-state index contributed by atoms with van der Waals surface area (Å²) < 4.78 is 0. The van der Waals surface area contributed by atoms with Crippen LogP contribution in [0.25, 0.3) is 10.8 Å². The molecule has 0 saturated heterocycles. The summed E-state index contributed by atoms with van der Waals surface area (Å²) in [7, 11) is 0. The van der Waals surface area contributed by atoms with E-state index in [4.69, 9.17) is 0 Å². The molecule has 2 aromatic rings. The molecular weight excluding hydrogens is 266 g/mol. The third-order valence-electron chi connectivity index (χ3n) is 3.90. The van der Waals surface area contributed by atoms with Gasteiger partial charge in [-0.05, 0) is 29.7 Å². The molecule has 1 N–H and O–H groups in total. The molecule has 0 aliphatic heterocycles. The fraction of sp³-hybridized carbons (Fsp3) is 0.294. The second-order valence-corrected chi connectivity index (χ2v) is 5.20. The number of hydrogen-bond donors (Lipinski definition) is 1. The summed E-state index contributed by atoms with van der Waals surface area (Å²) >= 11 is 0. The zero-order valence-electron chi connectivity index (χ0n) is 12.2. The summed E-state index contributed by atoms with van der Waals surface area (Å²) in [6.07, 6.45) is 1.33. The van der Waals surface area contributed by atoms with Crippen LogP contribution in [0.4, 0.5) is 0 Å². The molecule has 0 aliphatic carbocycles. The first-order valence-corrected chi connectivity index (χ1v) is 6.99. The minimum absolute atomic E-state index is 0.398. The number of rotatable bonds is 6. The van der Waals surface area contributed by atoms with E-state index in [2.05, 4.69) is 0 Å². The molecule has 1 atom stereocenters. The molecule has 4 nitrogen and oxygen atoms in total. The molecule has 1 amide bonds. The van der Waals surface area contributed by atoms with Crippen molar-refractivity contribution in [3.05, 3.63) is 48.0 Å². The maximum atomic E-state index is 11.9. The zero-order valence-corrected chi connectivity index (χ0v) is 12.2. The number of fused-ring (bicyclic) bond motifs is 1. The Morgan fingerprint density at radius 2 is 1.90 bits per heavy atom.